The average Bonchev–Trinajstić information content (AvgIpc) is 2.84. The highest BCUT2D eigenvalue weighted by molar-refractivity contribution is 5.65. The van der Waals surface area contributed by atoms with Gasteiger partial charge in [-0.2, -0.15) is 13.2 Å². The first kappa shape index (κ1) is 31.0. The predicted molar refractivity (Wildman–Crippen MR) is 138 cm³/mol. The molecule has 36 heavy (non-hydrogen) atoms. The summed E-state index contributed by atoms with van der Waals surface area (Å²) in [6, 6.07) is 5.33. The zero-order valence-corrected chi connectivity index (χ0v) is 21.8. The Kier molecular flexibility index (Phi) is 11.9. The molecule has 0 saturated heterocycles. The van der Waals surface area contributed by atoms with Crippen molar-refractivity contribution in [2.45, 2.75) is 70.6 Å². The van der Waals surface area contributed by atoms with E-state index in [9.17, 15) is 18.3 Å². The molecular formula is C28H38F3N3O2. The van der Waals surface area contributed by atoms with Crippen LogP contribution in [-0.4, -0.2) is 52.0 Å². The van der Waals surface area contributed by atoms with Crippen LogP contribution in [0.25, 0.3) is 11.1 Å². The van der Waals surface area contributed by atoms with E-state index in [0.717, 1.165) is 24.0 Å². The van der Waals surface area contributed by atoms with E-state index in [2.05, 4.69) is 22.8 Å². The Bertz CT molecular complexity index is 975. The number of aliphatic hydroxyl groups is 1. The Morgan fingerprint density at radius 2 is 1.69 bits per heavy atom. The molecule has 1 heterocycles. The van der Waals surface area contributed by atoms with E-state index in [1.807, 2.05) is 26.0 Å². The van der Waals surface area contributed by atoms with Gasteiger partial charge in [-0.1, -0.05) is 46.3 Å². The number of alkyl halides is 3. The minimum atomic E-state index is -4.81. The number of halogens is 3. The van der Waals surface area contributed by atoms with Crippen LogP contribution in [0.2, 0.25) is 0 Å². The van der Waals surface area contributed by atoms with Crippen LogP contribution in [0, 0.1) is 12.8 Å². The first-order valence-corrected chi connectivity index (χ1v) is 11.9. The van der Waals surface area contributed by atoms with Crippen LogP contribution in [0.15, 0.2) is 49.2 Å². The second kappa shape index (κ2) is 13.9. The maximum absolute atomic E-state index is 14.3. The van der Waals surface area contributed by atoms with E-state index >= 15 is 0 Å². The molecule has 1 unspecified atom stereocenters. The van der Waals surface area contributed by atoms with Crippen LogP contribution in [0.5, 0.6) is 5.75 Å². The van der Waals surface area contributed by atoms with Crippen molar-refractivity contribution in [3.05, 3.63) is 54.8 Å². The van der Waals surface area contributed by atoms with Gasteiger partial charge in [0.2, 0.25) is 0 Å². The normalized spacial score (nSPS) is 13.5. The fraction of sp³-hybridized carbons (Fsp3) is 0.500. The summed E-state index contributed by atoms with van der Waals surface area (Å²) >= 11 is 0. The number of ether oxygens (including phenoxy) is 1. The van der Waals surface area contributed by atoms with E-state index in [0.29, 0.717) is 24.3 Å². The summed E-state index contributed by atoms with van der Waals surface area (Å²) in [4.78, 5) is 9.61. The van der Waals surface area contributed by atoms with Gasteiger partial charge in [0.05, 0.1) is 13.7 Å². The summed E-state index contributed by atoms with van der Waals surface area (Å²) in [6.07, 6.45) is 13.2. The Balaban J connectivity index is 0.00000316. The van der Waals surface area contributed by atoms with Crippen molar-refractivity contribution in [3.8, 4) is 29.7 Å². The Hall–Kier alpha value is -3.05. The minimum absolute atomic E-state index is 0.422. The predicted octanol–water partition coefficient (Wildman–Crippen LogP) is 6.39. The summed E-state index contributed by atoms with van der Waals surface area (Å²) in [5.74, 6) is 0.461. The van der Waals surface area contributed by atoms with Crippen molar-refractivity contribution in [2.75, 3.05) is 20.2 Å². The van der Waals surface area contributed by atoms with Gasteiger partial charge < -0.3 is 14.7 Å². The van der Waals surface area contributed by atoms with E-state index in [-0.39, 0.29) is 0 Å². The fourth-order valence-corrected chi connectivity index (χ4v) is 4.16. The van der Waals surface area contributed by atoms with Gasteiger partial charge in [0, 0.05) is 30.1 Å². The van der Waals surface area contributed by atoms with Gasteiger partial charge in [-0.05, 0) is 48.6 Å². The molecule has 1 aromatic carbocycles. The number of methoxy groups -OCH3 is 1. The maximum atomic E-state index is 14.3. The second-order valence-corrected chi connectivity index (χ2v) is 9.28. The summed E-state index contributed by atoms with van der Waals surface area (Å²) in [5, 5.41) is 11.1. The molecule has 0 spiro atoms. The van der Waals surface area contributed by atoms with E-state index < -0.39 is 30.2 Å². The lowest BCUT2D eigenvalue weighted by molar-refractivity contribution is -0.270. The van der Waals surface area contributed by atoms with E-state index in [1.54, 1.807) is 49.5 Å². The Labute approximate surface area is 213 Å². The third-order valence-corrected chi connectivity index (χ3v) is 5.83. The number of hydrogen-bond acceptors (Lipinski definition) is 5. The van der Waals surface area contributed by atoms with E-state index in [1.165, 1.54) is 13.4 Å². The summed E-state index contributed by atoms with van der Waals surface area (Å²) in [6.45, 7) is 7.19. The van der Waals surface area contributed by atoms with Crippen molar-refractivity contribution >= 4 is 0 Å². The molecule has 0 bridgehead atoms. The maximum Gasteiger partial charge on any atom is 0.418 e. The molecule has 1 aromatic heterocycles. The van der Waals surface area contributed by atoms with Gasteiger partial charge in [0.15, 0.2) is 5.60 Å². The van der Waals surface area contributed by atoms with Crippen molar-refractivity contribution in [2.24, 2.45) is 0 Å². The lowest BCUT2D eigenvalue weighted by atomic mass is 9.73. The number of allylic oxidation sites excluding steroid dienone is 1. The molecule has 0 aliphatic heterocycles. The molecule has 2 aromatic rings. The molecule has 1 atom stereocenters. The number of unbranched alkanes of at least 4 members (excludes halogenated alkanes) is 1. The van der Waals surface area contributed by atoms with Crippen LogP contribution < -0.4 is 4.74 Å². The molecule has 0 aliphatic rings. The number of benzene rings is 1. The summed E-state index contributed by atoms with van der Waals surface area (Å²) in [5.41, 5.74) is -1.91. The van der Waals surface area contributed by atoms with Gasteiger partial charge >= 0.3 is 6.18 Å². The topological polar surface area (TPSA) is 58.5 Å². The third kappa shape index (κ3) is 8.27. The number of hydrogen-bond donors (Lipinski definition) is 1. The first-order valence-electron chi connectivity index (χ1n) is 11.9. The highest BCUT2D eigenvalue weighted by Crippen LogP contribution is 2.45. The largest absolute Gasteiger partial charge is 0.496 e. The molecule has 8 heteroatoms. The Morgan fingerprint density at radius 1 is 1.06 bits per heavy atom. The van der Waals surface area contributed by atoms with Crippen molar-refractivity contribution in [1.82, 2.24) is 14.9 Å². The monoisotopic (exact) mass is 505 g/mol. The van der Waals surface area contributed by atoms with Gasteiger partial charge in [-0.15, -0.1) is 12.8 Å². The standard InChI is InChI=1S/C26H36F3N3O2.C2H2/c1-6-8-9-13-32(12-7-2)18-25(33,26(27,28)29)17-24(3,4)22-14-20(10-11-23(22)34-5)21-15-30-19-31-16-21;1-2/h9-11,13-16,19,33H,6-8,12,17-18H2,1-5H3;1-2H/b13-9-;. The number of nitrogens with zero attached hydrogens (tertiary/aromatic N) is 3. The fourth-order valence-electron chi connectivity index (χ4n) is 4.16. The number of terminal acetylenes is 1. The average molecular weight is 506 g/mol. The van der Waals surface area contributed by atoms with Crippen LogP contribution in [0.4, 0.5) is 13.2 Å². The highest BCUT2D eigenvalue weighted by Gasteiger charge is 2.56. The van der Waals surface area contributed by atoms with Crippen molar-refractivity contribution in [3.63, 3.8) is 0 Å². The zero-order valence-electron chi connectivity index (χ0n) is 21.8. The summed E-state index contributed by atoms with van der Waals surface area (Å²) < 4.78 is 48.4. The van der Waals surface area contributed by atoms with Crippen LogP contribution in [0.3, 0.4) is 0 Å². The van der Waals surface area contributed by atoms with Gasteiger partial charge in [-0.3, -0.25) is 0 Å². The van der Waals surface area contributed by atoms with E-state index in [4.69, 9.17) is 4.74 Å². The number of rotatable bonds is 12. The van der Waals surface area contributed by atoms with Crippen LogP contribution in [0.1, 0.15) is 58.9 Å². The molecule has 0 radical (unpaired) electrons. The van der Waals surface area contributed by atoms with Crippen LogP contribution in [-0.2, 0) is 5.41 Å². The van der Waals surface area contributed by atoms with Crippen LogP contribution >= 0.6 is 0 Å². The first-order chi connectivity index (χ1) is 17.0. The molecule has 5 nitrogen and oxygen atoms in total. The molecule has 0 amide bonds. The van der Waals surface area contributed by atoms with Crippen molar-refractivity contribution < 1.29 is 23.0 Å². The third-order valence-electron chi connectivity index (χ3n) is 5.83. The molecule has 2 rings (SSSR count). The number of aromatic nitrogens is 2. The Morgan fingerprint density at radius 3 is 2.22 bits per heavy atom. The second-order valence-electron chi connectivity index (χ2n) is 9.28. The molecule has 198 valence electrons. The lowest BCUT2D eigenvalue weighted by Crippen LogP contribution is -2.55. The SMILES string of the molecule is C#C.CCC/C=C\N(CCC)CC(O)(CC(C)(C)c1cc(-c2cncnc2)ccc1OC)C(F)(F)F. The van der Waals surface area contributed by atoms with Crippen molar-refractivity contribution in [1.29, 1.82) is 0 Å². The summed E-state index contributed by atoms with van der Waals surface area (Å²) in [7, 11) is 1.48. The lowest BCUT2D eigenvalue weighted by Gasteiger charge is -2.41. The van der Waals surface area contributed by atoms with Gasteiger partial charge in [-0.25, -0.2) is 9.97 Å². The molecule has 0 aliphatic carbocycles. The zero-order chi connectivity index (χ0) is 27.4. The smallest absolute Gasteiger partial charge is 0.418 e. The quantitative estimate of drug-likeness (QED) is 0.339. The molecule has 1 N–H and O–H groups in total. The molecule has 0 fully saturated rings. The molecule has 0 saturated carbocycles. The molecular weight excluding hydrogens is 467 g/mol. The highest BCUT2D eigenvalue weighted by atomic mass is 19.4. The van der Waals surface area contributed by atoms with Gasteiger partial charge in [0.25, 0.3) is 0 Å². The van der Waals surface area contributed by atoms with Gasteiger partial charge in [0.1, 0.15) is 12.1 Å². The minimum Gasteiger partial charge on any atom is -0.496 e.